The van der Waals surface area contributed by atoms with E-state index in [0.29, 0.717) is 10.2 Å². The molecule has 8 heteroatoms. The van der Waals surface area contributed by atoms with Gasteiger partial charge in [-0.2, -0.15) is 0 Å². The maximum atomic E-state index is 12.8. The van der Waals surface area contributed by atoms with E-state index in [-0.39, 0.29) is 24.6 Å². The summed E-state index contributed by atoms with van der Waals surface area (Å²) >= 11 is 3.23. The van der Waals surface area contributed by atoms with Gasteiger partial charge in [0, 0.05) is 29.5 Å². The number of amides is 2. The summed E-state index contributed by atoms with van der Waals surface area (Å²) in [5.41, 5.74) is 0.126. The summed E-state index contributed by atoms with van der Waals surface area (Å²) in [4.78, 5) is 36.9. The van der Waals surface area contributed by atoms with Crippen LogP contribution in [-0.2, 0) is 16.1 Å². The van der Waals surface area contributed by atoms with Gasteiger partial charge in [-0.3, -0.25) is 14.4 Å². The Bertz CT molecular complexity index is 805. The second-order valence-electron chi connectivity index (χ2n) is 5.12. The lowest BCUT2D eigenvalue weighted by Crippen LogP contribution is -2.38. The van der Waals surface area contributed by atoms with E-state index in [0.717, 1.165) is 0 Å². The van der Waals surface area contributed by atoms with Crippen LogP contribution in [0.25, 0.3) is 0 Å². The minimum absolute atomic E-state index is 0.168. The molecule has 1 aromatic carbocycles. The lowest BCUT2D eigenvalue weighted by atomic mass is 10.3. The second kappa shape index (κ2) is 7.87. The SMILES string of the molecule is CN(CC(=O)Nc1ccc(F)cc1)C(=O)Cn1cc(Br)ccc1=O. The monoisotopic (exact) mass is 395 g/mol. The van der Waals surface area contributed by atoms with Crippen LogP contribution >= 0.6 is 15.9 Å². The number of hydrogen-bond donors (Lipinski definition) is 1. The van der Waals surface area contributed by atoms with Gasteiger partial charge in [0.1, 0.15) is 12.4 Å². The number of hydrogen-bond acceptors (Lipinski definition) is 3. The van der Waals surface area contributed by atoms with Crippen LogP contribution < -0.4 is 10.9 Å². The Hall–Kier alpha value is -2.48. The normalized spacial score (nSPS) is 10.3. The van der Waals surface area contributed by atoms with Crippen molar-refractivity contribution in [1.82, 2.24) is 9.47 Å². The quantitative estimate of drug-likeness (QED) is 0.839. The van der Waals surface area contributed by atoms with Crippen molar-refractivity contribution >= 4 is 33.4 Å². The first-order chi connectivity index (χ1) is 11.3. The van der Waals surface area contributed by atoms with Crippen molar-refractivity contribution in [3.8, 4) is 0 Å². The Morgan fingerprint density at radius 1 is 1.21 bits per heavy atom. The van der Waals surface area contributed by atoms with E-state index in [2.05, 4.69) is 21.2 Å². The molecule has 0 aliphatic carbocycles. The van der Waals surface area contributed by atoms with Gasteiger partial charge < -0.3 is 14.8 Å². The van der Waals surface area contributed by atoms with Crippen LogP contribution in [0.2, 0.25) is 0 Å². The van der Waals surface area contributed by atoms with E-state index < -0.39 is 11.7 Å². The molecule has 2 amide bonds. The van der Waals surface area contributed by atoms with Crippen LogP contribution in [0.3, 0.4) is 0 Å². The van der Waals surface area contributed by atoms with Gasteiger partial charge in [-0.1, -0.05) is 0 Å². The minimum Gasteiger partial charge on any atom is -0.335 e. The Labute approximate surface area is 146 Å². The van der Waals surface area contributed by atoms with Gasteiger partial charge in [0.25, 0.3) is 5.56 Å². The molecule has 0 fully saturated rings. The van der Waals surface area contributed by atoms with E-state index in [1.807, 2.05) is 0 Å². The first-order valence-electron chi connectivity index (χ1n) is 7.00. The van der Waals surface area contributed by atoms with Crippen molar-refractivity contribution in [1.29, 1.82) is 0 Å². The van der Waals surface area contributed by atoms with E-state index in [1.165, 1.54) is 53.0 Å². The lowest BCUT2D eigenvalue weighted by molar-refractivity contribution is -0.133. The molecule has 0 unspecified atom stereocenters. The third-order valence-electron chi connectivity index (χ3n) is 3.19. The summed E-state index contributed by atoms with van der Waals surface area (Å²) < 4.78 is 14.7. The van der Waals surface area contributed by atoms with Gasteiger partial charge in [0.05, 0.1) is 6.54 Å². The largest absolute Gasteiger partial charge is 0.335 e. The zero-order valence-electron chi connectivity index (χ0n) is 12.8. The number of carbonyl (C=O) groups excluding carboxylic acids is 2. The molecule has 1 aromatic heterocycles. The fourth-order valence-electron chi connectivity index (χ4n) is 1.93. The minimum atomic E-state index is -0.418. The van der Waals surface area contributed by atoms with Gasteiger partial charge in [-0.25, -0.2) is 4.39 Å². The van der Waals surface area contributed by atoms with Crippen molar-refractivity contribution in [2.45, 2.75) is 6.54 Å². The highest BCUT2D eigenvalue weighted by atomic mass is 79.9. The van der Waals surface area contributed by atoms with E-state index in [4.69, 9.17) is 0 Å². The van der Waals surface area contributed by atoms with Crippen LogP contribution in [0, 0.1) is 5.82 Å². The first-order valence-corrected chi connectivity index (χ1v) is 7.80. The van der Waals surface area contributed by atoms with Crippen LogP contribution in [0.1, 0.15) is 0 Å². The fourth-order valence-corrected chi connectivity index (χ4v) is 2.31. The van der Waals surface area contributed by atoms with Gasteiger partial charge in [-0.15, -0.1) is 0 Å². The van der Waals surface area contributed by atoms with Crippen LogP contribution in [0.15, 0.2) is 51.9 Å². The number of likely N-dealkylation sites (N-methyl/N-ethyl adjacent to an activating group) is 1. The smallest absolute Gasteiger partial charge is 0.251 e. The predicted octanol–water partition coefficient (Wildman–Crippen LogP) is 1.85. The molecule has 0 atom stereocenters. The van der Waals surface area contributed by atoms with Crippen molar-refractivity contribution in [2.75, 3.05) is 18.9 Å². The number of nitrogens with zero attached hydrogens (tertiary/aromatic N) is 2. The number of halogens is 2. The molecular weight excluding hydrogens is 381 g/mol. The standard InChI is InChI=1S/C16H15BrFN3O3/c1-20(9-14(22)19-13-5-3-12(18)4-6-13)16(24)10-21-8-11(17)2-7-15(21)23/h2-8H,9-10H2,1H3,(H,19,22). The fraction of sp³-hybridized carbons (Fsp3) is 0.188. The van der Waals surface area contributed by atoms with Gasteiger partial charge in [0.2, 0.25) is 11.8 Å². The Morgan fingerprint density at radius 2 is 1.88 bits per heavy atom. The van der Waals surface area contributed by atoms with Crippen molar-refractivity contribution in [3.63, 3.8) is 0 Å². The Kier molecular flexibility index (Phi) is 5.86. The van der Waals surface area contributed by atoms with E-state index in [1.54, 1.807) is 6.07 Å². The van der Waals surface area contributed by atoms with E-state index in [9.17, 15) is 18.8 Å². The number of nitrogens with one attached hydrogen (secondary N) is 1. The summed E-state index contributed by atoms with van der Waals surface area (Å²) in [5.74, 6) is -1.21. The molecule has 0 spiro atoms. The van der Waals surface area contributed by atoms with Crippen LogP contribution in [0.4, 0.5) is 10.1 Å². The zero-order valence-corrected chi connectivity index (χ0v) is 14.4. The lowest BCUT2D eigenvalue weighted by Gasteiger charge is -2.17. The average molecular weight is 396 g/mol. The number of anilines is 1. The number of aromatic nitrogens is 1. The maximum absolute atomic E-state index is 12.8. The molecule has 0 saturated heterocycles. The summed E-state index contributed by atoms with van der Waals surface area (Å²) in [7, 11) is 1.47. The van der Waals surface area contributed by atoms with Gasteiger partial charge in [-0.05, 0) is 46.3 Å². The number of carbonyl (C=O) groups is 2. The highest BCUT2D eigenvalue weighted by Gasteiger charge is 2.14. The topological polar surface area (TPSA) is 71.4 Å². The highest BCUT2D eigenvalue weighted by Crippen LogP contribution is 2.08. The third-order valence-corrected chi connectivity index (χ3v) is 3.66. The summed E-state index contributed by atoms with van der Waals surface area (Å²) in [6.07, 6.45) is 1.51. The van der Waals surface area contributed by atoms with Gasteiger partial charge in [0.15, 0.2) is 0 Å². The summed E-state index contributed by atoms with van der Waals surface area (Å²) in [5, 5.41) is 2.56. The molecule has 126 valence electrons. The average Bonchev–Trinajstić information content (AvgIpc) is 2.53. The third kappa shape index (κ3) is 5.02. The molecule has 2 rings (SSSR count). The maximum Gasteiger partial charge on any atom is 0.251 e. The molecule has 0 bridgehead atoms. The Balaban J connectivity index is 1.93. The molecule has 0 aliphatic heterocycles. The number of benzene rings is 1. The zero-order chi connectivity index (χ0) is 17.7. The molecule has 6 nitrogen and oxygen atoms in total. The summed E-state index contributed by atoms with van der Waals surface area (Å²) in [6, 6.07) is 8.24. The van der Waals surface area contributed by atoms with Crippen LogP contribution in [0.5, 0.6) is 0 Å². The molecule has 2 aromatic rings. The molecule has 0 aliphatic rings. The molecule has 0 radical (unpaired) electrons. The van der Waals surface area contributed by atoms with Crippen molar-refractivity contribution < 1.29 is 14.0 Å². The molecule has 0 saturated carbocycles. The van der Waals surface area contributed by atoms with E-state index >= 15 is 0 Å². The van der Waals surface area contributed by atoms with Crippen molar-refractivity contribution in [2.24, 2.45) is 0 Å². The molecule has 1 N–H and O–H groups in total. The summed E-state index contributed by atoms with van der Waals surface area (Å²) in [6.45, 7) is -0.350. The van der Waals surface area contributed by atoms with Gasteiger partial charge >= 0.3 is 0 Å². The first kappa shape index (κ1) is 17.9. The molecule has 1 heterocycles. The highest BCUT2D eigenvalue weighted by molar-refractivity contribution is 9.10. The predicted molar refractivity (Wildman–Crippen MR) is 91.1 cm³/mol. The molecule has 24 heavy (non-hydrogen) atoms. The number of rotatable bonds is 5. The van der Waals surface area contributed by atoms with Crippen molar-refractivity contribution in [3.05, 3.63) is 63.2 Å². The van der Waals surface area contributed by atoms with Crippen LogP contribution in [-0.4, -0.2) is 34.9 Å². The second-order valence-corrected chi connectivity index (χ2v) is 6.03. The Morgan fingerprint density at radius 3 is 2.54 bits per heavy atom. The number of pyridine rings is 1. The molecular formula is C16H15BrFN3O3.